The fraction of sp³-hybridized carbons (Fsp3) is 0.200. The molecule has 0 unspecified atom stereocenters. The predicted octanol–water partition coefficient (Wildman–Crippen LogP) is 1.98. The zero-order valence-corrected chi connectivity index (χ0v) is 7.33. The van der Waals surface area contributed by atoms with Crippen LogP contribution in [0.5, 0.6) is 0 Å². The molecule has 0 aliphatic carbocycles. The van der Waals surface area contributed by atoms with Gasteiger partial charge in [0.05, 0.1) is 5.69 Å². The average Bonchev–Trinajstić information content (AvgIpc) is 2.10. The first-order chi connectivity index (χ1) is 6.15. The molecular formula is C10H13FN2. The summed E-state index contributed by atoms with van der Waals surface area (Å²) < 4.78 is 13.0. The van der Waals surface area contributed by atoms with Gasteiger partial charge in [-0.15, -0.1) is 6.58 Å². The van der Waals surface area contributed by atoms with E-state index in [2.05, 4.69) is 6.58 Å². The van der Waals surface area contributed by atoms with Crippen LogP contribution in [0.15, 0.2) is 30.9 Å². The number of anilines is 1. The van der Waals surface area contributed by atoms with Crippen molar-refractivity contribution in [3.8, 4) is 0 Å². The summed E-state index contributed by atoms with van der Waals surface area (Å²) in [6.07, 6.45) is 2.34. The Morgan fingerprint density at radius 1 is 1.54 bits per heavy atom. The van der Waals surface area contributed by atoms with Crippen molar-refractivity contribution in [2.24, 2.45) is 5.73 Å². The lowest BCUT2D eigenvalue weighted by atomic mass is 10.0. The monoisotopic (exact) mass is 180 g/mol. The highest BCUT2D eigenvalue weighted by Gasteiger charge is 2.06. The van der Waals surface area contributed by atoms with Gasteiger partial charge >= 0.3 is 0 Å². The molecule has 0 bridgehead atoms. The van der Waals surface area contributed by atoms with Gasteiger partial charge in [-0.3, -0.25) is 0 Å². The summed E-state index contributed by atoms with van der Waals surface area (Å²) in [5.41, 5.74) is 12.0. The molecule has 1 rings (SSSR count). The standard InChI is InChI=1S/C10H13FN2/c1-2-3-9(12)7-4-5-10(13)8(11)6-7/h2,4-6,9H,1,3,12-13H2/t9-/m0/s1. The van der Waals surface area contributed by atoms with Crippen molar-refractivity contribution in [3.05, 3.63) is 42.2 Å². The molecule has 70 valence electrons. The Balaban J connectivity index is 2.89. The van der Waals surface area contributed by atoms with E-state index in [1.165, 1.54) is 12.1 Å². The summed E-state index contributed by atoms with van der Waals surface area (Å²) in [6, 6.07) is 4.41. The normalized spacial score (nSPS) is 12.5. The first-order valence-electron chi connectivity index (χ1n) is 4.06. The number of hydrogen-bond acceptors (Lipinski definition) is 2. The number of nitrogen functional groups attached to an aromatic ring is 1. The van der Waals surface area contributed by atoms with E-state index in [0.717, 1.165) is 5.56 Å². The van der Waals surface area contributed by atoms with Crippen LogP contribution in [-0.4, -0.2) is 0 Å². The van der Waals surface area contributed by atoms with Crippen molar-refractivity contribution in [1.82, 2.24) is 0 Å². The van der Waals surface area contributed by atoms with E-state index in [-0.39, 0.29) is 11.7 Å². The first-order valence-corrected chi connectivity index (χ1v) is 4.06. The van der Waals surface area contributed by atoms with Gasteiger partial charge < -0.3 is 11.5 Å². The summed E-state index contributed by atoms with van der Waals surface area (Å²) in [7, 11) is 0. The molecule has 0 radical (unpaired) electrons. The Morgan fingerprint density at radius 2 is 2.23 bits per heavy atom. The molecule has 0 saturated carbocycles. The molecule has 0 heterocycles. The third kappa shape index (κ3) is 2.29. The van der Waals surface area contributed by atoms with Gasteiger partial charge in [-0.2, -0.15) is 0 Å². The van der Waals surface area contributed by atoms with Crippen molar-refractivity contribution < 1.29 is 4.39 Å². The summed E-state index contributed by atoms with van der Waals surface area (Å²) >= 11 is 0. The Bertz CT molecular complexity index is 310. The van der Waals surface area contributed by atoms with Gasteiger partial charge in [-0.25, -0.2) is 4.39 Å². The predicted molar refractivity (Wildman–Crippen MR) is 52.6 cm³/mol. The van der Waals surface area contributed by atoms with Crippen molar-refractivity contribution in [2.75, 3.05) is 5.73 Å². The number of hydrogen-bond donors (Lipinski definition) is 2. The maximum absolute atomic E-state index is 13.0. The van der Waals surface area contributed by atoms with Crippen molar-refractivity contribution in [3.63, 3.8) is 0 Å². The smallest absolute Gasteiger partial charge is 0.146 e. The Kier molecular flexibility index (Phi) is 3.03. The molecule has 2 nitrogen and oxygen atoms in total. The van der Waals surface area contributed by atoms with Crippen molar-refractivity contribution in [1.29, 1.82) is 0 Å². The average molecular weight is 180 g/mol. The fourth-order valence-electron chi connectivity index (χ4n) is 1.09. The van der Waals surface area contributed by atoms with Crippen molar-refractivity contribution in [2.45, 2.75) is 12.5 Å². The molecule has 1 aromatic carbocycles. The number of benzene rings is 1. The highest BCUT2D eigenvalue weighted by atomic mass is 19.1. The number of nitrogens with two attached hydrogens (primary N) is 2. The lowest BCUT2D eigenvalue weighted by Crippen LogP contribution is -2.09. The molecule has 0 spiro atoms. The zero-order chi connectivity index (χ0) is 9.84. The van der Waals surface area contributed by atoms with Crippen LogP contribution in [0.1, 0.15) is 18.0 Å². The summed E-state index contributed by atoms with van der Waals surface area (Å²) in [6.45, 7) is 3.57. The third-order valence-electron chi connectivity index (χ3n) is 1.87. The molecule has 13 heavy (non-hydrogen) atoms. The van der Waals surface area contributed by atoms with Crippen LogP contribution < -0.4 is 11.5 Å². The highest BCUT2D eigenvalue weighted by molar-refractivity contribution is 5.42. The van der Waals surface area contributed by atoms with Crippen LogP contribution in [0.4, 0.5) is 10.1 Å². The molecule has 0 saturated heterocycles. The maximum Gasteiger partial charge on any atom is 0.146 e. The number of rotatable bonds is 3. The third-order valence-corrected chi connectivity index (χ3v) is 1.87. The summed E-state index contributed by atoms with van der Waals surface area (Å²) in [4.78, 5) is 0. The lowest BCUT2D eigenvalue weighted by Gasteiger charge is -2.09. The van der Waals surface area contributed by atoms with Gasteiger partial charge in [0.1, 0.15) is 5.82 Å². The molecule has 0 aromatic heterocycles. The Hall–Kier alpha value is -1.35. The van der Waals surface area contributed by atoms with E-state index in [0.29, 0.717) is 6.42 Å². The van der Waals surface area contributed by atoms with Gasteiger partial charge in [0.2, 0.25) is 0 Å². The van der Waals surface area contributed by atoms with Gasteiger partial charge in [0.15, 0.2) is 0 Å². The van der Waals surface area contributed by atoms with Gasteiger partial charge in [-0.1, -0.05) is 12.1 Å². The van der Waals surface area contributed by atoms with Crippen LogP contribution in [0.25, 0.3) is 0 Å². The van der Waals surface area contributed by atoms with Crippen LogP contribution in [0.2, 0.25) is 0 Å². The Labute approximate surface area is 77.0 Å². The quantitative estimate of drug-likeness (QED) is 0.552. The van der Waals surface area contributed by atoms with Gasteiger partial charge in [0.25, 0.3) is 0 Å². The molecule has 0 amide bonds. The molecule has 0 aliphatic rings. The Morgan fingerprint density at radius 3 is 2.77 bits per heavy atom. The number of halogens is 1. The molecule has 4 N–H and O–H groups in total. The second-order valence-corrected chi connectivity index (χ2v) is 2.91. The maximum atomic E-state index is 13.0. The second kappa shape index (κ2) is 4.05. The molecule has 0 fully saturated rings. The van der Waals surface area contributed by atoms with Gasteiger partial charge in [0, 0.05) is 6.04 Å². The SMILES string of the molecule is C=CC[C@H](N)c1ccc(N)c(F)c1. The molecule has 1 aromatic rings. The molecule has 0 aliphatic heterocycles. The van der Waals surface area contributed by atoms with Crippen LogP contribution in [0, 0.1) is 5.82 Å². The van der Waals surface area contributed by atoms with Crippen molar-refractivity contribution >= 4 is 5.69 Å². The van der Waals surface area contributed by atoms with Crippen LogP contribution >= 0.6 is 0 Å². The fourth-order valence-corrected chi connectivity index (χ4v) is 1.09. The van der Waals surface area contributed by atoms with E-state index in [4.69, 9.17) is 11.5 Å². The molecule has 3 heteroatoms. The second-order valence-electron chi connectivity index (χ2n) is 2.91. The minimum atomic E-state index is -0.419. The van der Waals surface area contributed by atoms with Gasteiger partial charge in [-0.05, 0) is 24.1 Å². The zero-order valence-electron chi connectivity index (χ0n) is 7.33. The largest absolute Gasteiger partial charge is 0.396 e. The van der Waals surface area contributed by atoms with Crippen LogP contribution in [0.3, 0.4) is 0 Å². The van der Waals surface area contributed by atoms with E-state index < -0.39 is 5.82 Å². The topological polar surface area (TPSA) is 52.0 Å². The van der Waals surface area contributed by atoms with Crippen LogP contribution in [-0.2, 0) is 0 Å². The highest BCUT2D eigenvalue weighted by Crippen LogP contribution is 2.18. The van der Waals surface area contributed by atoms with E-state index in [9.17, 15) is 4.39 Å². The molecule has 1 atom stereocenters. The minimum Gasteiger partial charge on any atom is -0.396 e. The van der Waals surface area contributed by atoms with E-state index in [1.54, 1.807) is 12.1 Å². The minimum absolute atomic E-state index is 0.148. The van der Waals surface area contributed by atoms with E-state index >= 15 is 0 Å². The molecular weight excluding hydrogens is 167 g/mol. The first kappa shape index (κ1) is 9.74. The summed E-state index contributed by atoms with van der Waals surface area (Å²) in [5.74, 6) is -0.419. The summed E-state index contributed by atoms with van der Waals surface area (Å²) in [5, 5.41) is 0. The lowest BCUT2D eigenvalue weighted by molar-refractivity contribution is 0.624. The van der Waals surface area contributed by atoms with E-state index in [1.807, 2.05) is 0 Å².